The Labute approximate surface area is 140 Å². The van der Waals surface area contributed by atoms with Crippen LogP contribution in [0.25, 0.3) is 0 Å². The molecule has 3 nitrogen and oxygen atoms in total. The number of alkyl halides is 8. The van der Waals surface area contributed by atoms with Gasteiger partial charge >= 0.3 is 12.2 Å². The lowest BCUT2D eigenvalue weighted by atomic mass is 10.2. The van der Waals surface area contributed by atoms with E-state index in [1.807, 2.05) is 6.92 Å². The van der Waals surface area contributed by atoms with E-state index in [1.165, 1.54) is 0 Å². The van der Waals surface area contributed by atoms with Crippen LogP contribution in [0.3, 0.4) is 0 Å². The Kier molecular flexibility index (Phi) is 6.43. The second-order valence-electron chi connectivity index (χ2n) is 4.82. The third-order valence-corrected chi connectivity index (χ3v) is 3.65. The summed E-state index contributed by atoms with van der Waals surface area (Å²) in [6, 6.07) is -5.19. The quantitative estimate of drug-likeness (QED) is 0.276. The topological polar surface area (TPSA) is 18.8 Å². The summed E-state index contributed by atoms with van der Waals surface area (Å²) in [5.41, 5.74) is 0. The van der Waals surface area contributed by atoms with Gasteiger partial charge in [-0.2, -0.15) is 27.1 Å². The fourth-order valence-electron chi connectivity index (χ4n) is 1.97. The number of nitrogens with zero attached hydrogens (tertiary/aromatic N) is 3. The molecule has 0 spiro atoms. The Morgan fingerprint density at radius 3 is 2.09 bits per heavy atom. The maximum Gasteiger partial charge on any atom is 0.475 e. The average molecular weight is 391 g/mol. The van der Waals surface area contributed by atoms with Gasteiger partial charge in [0.25, 0.3) is 0 Å². The molecule has 0 aromatic carbocycles. The molecule has 0 radical (unpaired) electrons. The highest BCUT2D eigenvalue weighted by Crippen LogP contribution is 2.46. The minimum atomic E-state index is -5.81. The van der Waals surface area contributed by atoms with Crippen molar-refractivity contribution >= 4 is 41.1 Å². The molecule has 0 N–H and O–H groups in total. The Morgan fingerprint density at radius 2 is 1.64 bits per heavy atom. The molecule has 0 aromatic heterocycles. The summed E-state index contributed by atoms with van der Waals surface area (Å²) in [5.74, 6) is 0. The molecule has 1 aliphatic heterocycles. The van der Waals surface area contributed by atoms with E-state index < -0.39 is 22.2 Å². The van der Waals surface area contributed by atoms with E-state index in [2.05, 4.69) is 5.10 Å². The standard InChI is InChI=1S/C11H15Cl3F5N3/c1-2-3-4-5-6-22-8(9(12,13)14)21(7-20-22)11(18,19)10(15,16)17/h7-8H,2-6H2,1H3. The lowest BCUT2D eigenvalue weighted by Crippen LogP contribution is -2.60. The second-order valence-corrected chi connectivity index (χ2v) is 7.19. The Morgan fingerprint density at radius 1 is 1.05 bits per heavy atom. The Balaban J connectivity index is 2.90. The molecule has 0 fully saturated rings. The first-order valence-electron chi connectivity index (χ1n) is 6.53. The fraction of sp³-hybridized carbons (Fsp3) is 0.909. The van der Waals surface area contributed by atoms with E-state index >= 15 is 0 Å². The fourth-order valence-corrected chi connectivity index (χ4v) is 2.62. The van der Waals surface area contributed by atoms with Crippen LogP contribution in [0, 0.1) is 0 Å². The first-order chi connectivity index (χ1) is 9.93. The molecule has 0 amide bonds. The number of halogens is 8. The van der Waals surface area contributed by atoms with Crippen LogP contribution in [0.2, 0.25) is 0 Å². The maximum atomic E-state index is 13.5. The van der Waals surface area contributed by atoms with Gasteiger partial charge in [-0.25, -0.2) is 0 Å². The molecule has 130 valence electrons. The summed E-state index contributed by atoms with van der Waals surface area (Å²) >= 11 is 16.8. The van der Waals surface area contributed by atoms with Crippen molar-refractivity contribution in [3.05, 3.63) is 0 Å². The van der Waals surface area contributed by atoms with Gasteiger partial charge in [0, 0.05) is 6.54 Å². The minimum Gasteiger partial charge on any atom is -0.268 e. The molecule has 0 saturated heterocycles. The summed E-state index contributed by atoms with van der Waals surface area (Å²) in [7, 11) is 0. The van der Waals surface area contributed by atoms with Crippen LogP contribution >= 0.6 is 34.8 Å². The largest absolute Gasteiger partial charge is 0.475 e. The third-order valence-electron chi connectivity index (χ3n) is 3.07. The van der Waals surface area contributed by atoms with Gasteiger partial charge in [-0.3, -0.25) is 9.91 Å². The van der Waals surface area contributed by atoms with Gasteiger partial charge in [-0.1, -0.05) is 61.0 Å². The highest BCUT2D eigenvalue weighted by molar-refractivity contribution is 6.68. The lowest BCUT2D eigenvalue weighted by Gasteiger charge is -2.39. The molecule has 0 bridgehead atoms. The molecule has 11 heteroatoms. The predicted molar refractivity (Wildman–Crippen MR) is 76.3 cm³/mol. The molecule has 1 heterocycles. The van der Waals surface area contributed by atoms with Crippen LogP contribution in [0.1, 0.15) is 32.6 Å². The van der Waals surface area contributed by atoms with E-state index in [0.29, 0.717) is 12.8 Å². The van der Waals surface area contributed by atoms with Crippen LogP contribution in [-0.2, 0) is 0 Å². The lowest BCUT2D eigenvalue weighted by molar-refractivity contribution is -0.333. The Hall–Kier alpha value is -0.210. The van der Waals surface area contributed by atoms with Gasteiger partial charge in [-0.15, -0.1) is 0 Å². The van der Waals surface area contributed by atoms with E-state index in [9.17, 15) is 22.0 Å². The highest BCUT2D eigenvalue weighted by Gasteiger charge is 2.66. The molecule has 0 saturated carbocycles. The van der Waals surface area contributed by atoms with Crippen molar-refractivity contribution in [1.82, 2.24) is 9.91 Å². The molecule has 1 unspecified atom stereocenters. The highest BCUT2D eigenvalue weighted by atomic mass is 35.6. The van der Waals surface area contributed by atoms with Crippen LogP contribution in [-0.4, -0.2) is 45.0 Å². The van der Waals surface area contributed by atoms with E-state index in [-0.39, 0.29) is 11.4 Å². The molecule has 1 aliphatic rings. The number of hydrazone groups is 1. The van der Waals surface area contributed by atoms with Crippen LogP contribution < -0.4 is 0 Å². The third kappa shape index (κ3) is 4.41. The average Bonchev–Trinajstić information content (AvgIpc) is 2.77. The van der Waals surface area contributed by atoms with Crippen molar-refractivity contribution in [3.63, 3.8) is 0 Å². The van der Waals surface area contributed by atoms with E-state index in [1.54, 1.807) is 0 Å². The van der Waals surface area contributed by atoms with Crippen molar-refractivity contribution in [2.45, 2.75) is 54.8 Å². The number of hydrogen-bond donors (Lipinski definition) is 0. The van der Waals surface area contributed by atoms with Crippen molar-refractivity contribution in [3.8, 4) is 0 Å². The van der Waals surface area contributed by atoms with Crippen molar-refractivity contribution in [2.75, 3.05) is 6.54 Å². The first-order valence-corrected chi connectivity index (χ1v) is 7.66. The summed E-state index contributed by atoms with van der Waals surface area (Å²) in [5, 5.41) is 4.49. The zero-order valence-corrected chi connectivity index (χ0v) is 13.8. The van der Waals surface area contributed by atoms with E-state index in [4.69, 9.17) is 34.8 Å². The summed E-state index contributed by atoms with van der Waals surface area (Å²) < 4.78 is 62.3. The van der Waals surface area contributed by atoms with Crippen molar-refractivity contribution in [2.24, 2.45) is 5.10 Å². The molecular weight excluding hydrogens is 375 g/mol. The van der Waals surface area contributed by atoms with Gasteiger partial charge in [-0.05, 0) is 6.42 Å². The number of hydrogen-bond acceptors (Lipinski definition) is 3. The predicted octanol–water partition coefficient (Wildman–Crippen LogP) is 4.98. The molecule has 1 rings (SSSR count). The zero-order valence-electron chi connectivity index (χ0n) is 11.6. The molecular formula is C11H15Cl3F5N3. The first kappa shape index (κ1) is 19.8. The monoisotopic (exact) mass is 389 g/mol. The van der Waals surface area contributed by atoms with Crippen LogP contribution in [0.15, 0.2) is 5.10 Å². The minimum absolute atomic E-state index is 0.111. The van der Waals surface area contributed by atoms with Gasteiger partial charge < -0.3 is 0 Å². The van der Waals surface area contributed by atoms with Crippen molar-refractivity contribution in [1.29, 1.82) is 0 Å². The number of unbranched alkanes of at least 4 members (excludes halogenated alkanes) is 3. The normalized spacial score (nSPS) is 20.1. The molecule has 0 aromatic rings. The second kappa shape index (κ2) is 7.13. The van der Waals surface area contributed by atoms with Crippen LogP contribution in [0.4, 0.5) is 22.0 Å². The maximum absolute atomic E-state index is 13.5. The summed E-state index contributed by atoms with van der Waals surface area (Å²) in [4.78, 5) is -0.361. The summed E-state index contributed by atoms with van der Waals surface area (Å²) in [6.07, 6.45) is -4.15. The molecule has 22 heavy (non-hydrogen) atoms. The van der Waals surface area contributed by atoms with Gasteiger partial charge in [0.1, 0.15) is 6.34 Å². The molecule has 0 aliphatic carbocycles. The van der Waals surface area contributed by atoms with Gasteiger partial charge in [0.05, 0.1) is 0 Å². The Bertz CT molecular complexity index is 397. The number of rotatable bonds is 6. The molecule has 1 atom stereocenters. The van der Waals surface area contributed by atoms with Gasteiger partial charge in [0.15, 0.2) is 6.17 Å². The van der Waals surface area contributed by atoms with Crippen molar-refractivity contribution < 1.29 is 22.0 Å². The SMILES string of the molecule is CCCCCCN1N=CN(C(F)(F)C(F)(F)F)C1C(Cl)(Cl)Cl. The summed E-state index contributed by atoms with van der Waals surface area (Å²) in [6.45, 7) is 2.09. The smallest absolute Gasteiger partial charge is 0.268 e. The van der Waals surface area contributed by atoms with Crippen LogP contribution in [0.5, 0.6) is 0 Å². The van der Waals surface area contributed by atoms with Gasteiger partial charge in [0.2, 0.25) is 3.79 Å². The van der Waals surface area contributed by atoms with E-state index in [0.717, 1.165) is 24.3 Å². The zero-order chi connectivity index (χ0) is 17.2.